The second kappa shape index (κ2) is 40.9. The molecule has 6 aliphatic rings. The molecule has 3 aliphatic heterocycles. The number of carbonyl (C=O) groups excluding carboxylic acids is 7. The number of nitrogen functional groups attached to an aromatic ring is 4. The highest BCUT2D eigenvalue weighted by Crippen LogP contribution is 2.41. The average Bonchev–Trinajstić information content (AvgIpc) is 1.69. The van der Waals surface area contributed by atoms with Crippen molar-refractivity contribution >= 4 is 88.8 Å². The van der Waals surface area contributed by atoms with Gasteiger partial charge in [0.05, 0.1) is 30.5 Å². The summed E-state index contributed by atoms with van der Waals surface area (Å²) < 4.78 is 39.1. The number of aliphatic hydroxyl groups is 2. The smallest absolute Gasteiger partial charge is 0.331 e. The lowest BCUT2D eigenvalue weighted by molar-refractivity contribution is -0.146. The van der Waals surface area contributed by atoms with Crippen molar-refractivity contribution in [3.63, 3.8) is 0 Å². The van der Waals surface area contributed by atoms with E-state index < -0.39 is 72.3 Å². The van der Waals surface area contributed by atoms with Crippen LogP contribution in [0, 0.1) is 35.5 Å². The van der Waals surface area contributed by atoms with Crippen molar-refractivity contribution in [1.29, 1.82) is 0 Å². The maximum absolute atomic E-state index is 12.9. The predicted molar refractivity (Wildman–Crippen MR) is 394 cm³/mol. The van der Waals surface area contributed by atoms with Crippen LogP contribution < -0.4 is 22.9 Å². The molecule has 4 aromatic rings. The van der Waals surface area contributed by atoms with Gasteiger partial charge in [-0.25, -0.2) is 33.6 Å². The summed E-state index contributed by atoms with van der Waals surface area (Å²) in [6.45, 7) is 5.59. The number of ether oxygens (including phenoxy) is 7. The molecule has 3 saturated carbocycles. The van der Waals surface area contributed by atoms with Crippen LogP contribution in [-0.4, -0.2) is 127 Å². The minimum atomic E-state index is -0.826. The molecule has 0 radical (unpaired) electrons. The van der Waals surface area contributed by atoms with Gasteiger partial charge in [-0.15, -0.1) is 0 Å². The fraction of sp³-hybridized carbons (Fsp3) is 0.412. The standard InChI is InChI=1S/C32H36N4O6.2C24H30N2O5/c1-21-5-3-2-4-6-22-17-25(41-31(38)10-7-23-19-35-15-13-27(23)33)18-26(22)29(9-12-30(37)40-21)42-32(39)11-8-24-20-36-16-14-28(24)34;1-16-5-3-2-4-6-17-13-19(14-20(17)22(27)8-10-23(28)30-16)31-24(29)9-7-18-15-26-12-11-21(18)25;1-16-5-3-2-4-6-17-13-19(27)14-20(17)22(8-10-23(28)30-16)31-24(29)9-7-18-15-26-12-11-21(18)25/h4,6-16,19-22,25-26,29H,2-3,5,17-18H2,1H3,(H2,33,35)(H2,34,36);2*4,6-12,15-17,19-20,22,27H,2-3,5,13-14H2,1H3,(H2,25,26)/b6-4+,10-7+,11-8+,12-9+;2*6-4+,9-7+,10-8+/t21-,22+,25-,26+,29+;2*16-,17+,19-,20+,22+/m000/s1. The fourth-order valence-corrected chi connectivity index (χ4v) is 13.3. The predicted octanol–water partition coefficient (Wildman–Crippen LogP) is 10.9. The minimum Gasteiger partial charge on any atom is -0.460 e. The van der Waals surface area contributed by atoms with Gasteiger partial charge in [-0.2, -0.15) is 0 Å². The molecule has 10 N–H and O–H groups in total. The first-order valence-electron chi connectivity index (χ1n) is 35.5. The van der Waals surface area contributed by atoms with E-state index in [1.54, 1.807) is 104 Å². The Hall–Kier alpha value is -10.6. The molecule has 552 valence electrons. The molecule has 24 nitrogen and oxygen atoms in total. The van der Waals surface area contributed by atoms with Crippen molar-refractivity contribution in [1.82, 2.24) is 19.9 Å². The van der Waals surface area contributed by atoms with Gasteiger partial charge < -0.3 is 66.3 Å². The van der Waals surface area contributed by atoms with Crippen molar-refractivity contribution in [2.24, 2.45) is 35.5 Å². The number of anilines is 4. The third-order valence-electron chi connectivity index (χ3n) is 18.7. The van der Waals surface area contributed by atoms with Crippen LogP contribution in [-0.2, 0) is 66.7 Å². The summed E-state index contributed by atoms with van der Waals surface area (Å²) in [4.78, 5) is 103. The van der Waals surface area contributed by atoms with Crippen LogP contribution in [0.1, 0.15) is 139 Å². The van der Waals surface area contributed by atoms with Gasteiger partial charge in [0, 0.05) is 149 Å². The summed E-state index contributed by atoms with van der Waals surface area (Å²) in [5.41, 5.74) is 28.0. The van der Waals surface area contributed by atoms with Gasteiger partial charge in [-0.05, 0) is 208 Å². The molecule has 0 bridgehead atoms. The van der Waals surface area contributed by atoms with Gasteiger partial charge >= 0.3 is 41.8 Å². The van der Waals surface area contributed by atoms with E-state index in [4.69, 9.17) is 56.1 Å². The summed E-state index contributed by atoms with van der Waals surface area (Å²) >= 11 is 0. The van der Waals surface area contributed by atoms with E-state index in [0.29, 0.717) is 83.5 Å². The Balaban J connectivity index is 0.000000201. The number of carbonyl (C=O) groups is 7. The lowest BCUT2D eigenvalue weighted by Gasteiger charge is -2.24. The molecule has 0 aromatic carbocycles. The molecular formula is C80H96N8O16. The van der Waals surface area contributed by atoms with Crippen molar-refractivity contribution in [3.05, 3.63) is 193 Å². The molecule has 3 aliphatic carbocycles. The summed E-state index contributed by atoms with van der Waals surface area (Å²) in [5.74, 6) is -4.04. The normalized spacial score (nSPS) is 29.4. The van der Waals surface area contributed by atoms with Crippen LogP contribution in [0.3, 0.4) is 0 Å². The second-order valence-corrected chi connectivity index (χ2v) is 26.7. The highest BCUT2D eigenvalue weighted by Gasteiger charge is 2.42. The van der Waals surface area contributed by atoms with Gasteiger partial charge in [-0.3, -0.25) is 19.9 Å². The van der Waals surface area contributed by atoms with Crippen molar-refractivity contribution < 1.29 is 76.9 Å². The molecule has 24 heteroatoms. The maximum atomic E-state index is 12.9. The average molecular weight is 1430 g/mol. The SMILES string of the molecule is C[C@H]1CCC/C=C/[C@@H]2C[C@H](O)C[C@H]2[C@H](OC(=O)/C=C/c2cnccc2N)/C=C/C(=O)O1.C[C@H]1CCC/C=C/[C@@H]2C[C@H](OC(=O)/C=C/c3cnccc3N)C[C@H]2[C@H](O)/C=C/C(=O)O1.C[C@H]1CCC/C=C/[C@@H]2C[C@H](OC(=O)/C=C/c3cnccc3N)C[C@H]2[C@H](OC(=O)/C=C/c2cnccc2N)/C=C/C(=O)O1. The molecule has 104 heavy (non-hydrogen) atoms. The Labute approximate surface area is 606 Å². The number of hydrogen-bond acceptors (Lipinski definition) is 24. The van der Waals surface area contributed by atoms with E-state index >= 15 is 0 Å². The van der Waals surface area contributed by atoms with E-state index in [0.717, 1.165) is 57.8 Å². The zero-order valence-electron chi connectivity index (χ0n) is 59.0. The van der Waals surface area contributed by atoms with Crippen molar-refractivity contribution in [2.75, 3.05) is 22.9 Å². The minimum absolute atomic E-state index is 0.0598. The first-order valence-corrected chi connectivity index (χ1v) is 35.5. The summed E-state index contributed by atoms with van der Waals surface area (Å²) in [5, 5.41) is 20.9. The number of aromatic nitrogens is 4. The number of nitrogens with zero attached hydrogens (tertiary/aromatic N) is 4. The number of cyclic esters (lactones) is 3. The first-order chi connectivity index (χ1) is 50.1. The lowest BCUT2D eigenvalue weighted by Crippen LogP contribution is -2.27. The Morgan fingerprint density at radius 3 is 1.11 bits per heavy atom. The van der Waals surface area contributed by atoms with E-state index in [2.05, 4.69) is 56.4 Å². The first kappa shape index (κ1) is 79.1. The molecular weight excluding hydrogens is 1330 g/mol. The van der Waals surface area contributed by atoms with Crippen LogP contribution >= 0.6 is 0 Å². The van der Waals surface area contributed by atoms with Crippen LogP contribution in [0.25, 0.3) is 24.3 Å². The van der Waals surface area contributed by atoms with Gasteiger partial charge in [0.2, 0.25) is 0 Å². The van der Waals surface area contributed by atoms with Gasteiger partial charge in [0.1, 0.15) is 24.4 Å². The quantitative estimate of drug-likeness (QED) is 0.0332. The van der Waals surface area contributed by atoms with Gasteiger partial charge in [0.25, 0.3) is 0 Å². The Kier molecular flexibility index (Phi) is 31.1. The van der Waals surface area contributed by atoms with Crippen molar-refractivity contribution in [2.45, 2.75) is 172 Å². The number of esters is 7. The number of aliphatic hydroxyl groups excluding tert-OH is 2. The Morgan fingerprint density at radius 2 is 0.740 bits per heavy atom. The highest BCUT2D eigenvalue weighted by atomic mass is 16.6. The topological polar surface area (TPSA) is 380 Å². The van der Waals surface area contributed by atoms with Crippen LogP contribution in [0.15, 0.2) is 171 Å². The van der Waals surface area contributed by atoms with Gasteiger partial charge in [0.15, 0.2) is 0 Å². The fourth-order valence-electron chi connectivity index (χ4n) is 13.3. The lowest BCUT2D eigenvalue weighted by atomic mass is 9.89. The molecule has 0 amide bonds. The molecule has 0 saturated heterocycles. The Bertz CT molecular complexity index is 3870. The van der Waals surface area contributed by atoms with E-state index in [9.17, 15) is 43.8 Å². The molecule has 15 atom stereocenters. The van der Waals surface area contributed by atoms with E-state index in [-0.39, 0.29) is 59.9 Å². The number of nitrogens with two attached hydrogens (primary N) is 4. The number of rotatable bonds is 12. The second-order valence-electron chi connectivity index (χ2n) is 26.7. The Morgan fingerprint density at radius 1 is 0.423 bits per heavy atom. The van der Waals surface area contributed by atoms with Crippen molar-refractivity contribution in [3.8, 4) is 0 Å². The van der Waals surface area contributed by atoms with E-state index in [1.165, 1.54) is 54.7 Å². The zero-order chi connectivity index (χ0) is 74.3. The molecule has 7 heterocycles. The molecule has 3 fully saturated rings. The number of fused-ring (bicyclic) bond motifs is 3. The molecule has 0 spiro atoms. The van der Waals surface area contributed by atoms with E-state index in [1.807, 2.05) is 20.8 Å². The van der Waals surface area contributed by atoms with Crippen LogP contribution in [0.2, 0.25) is 0 Å². The summed E-state index contributed by atoms with van der Waals surface area (Å²) in [6.07, 6.45) is 51.8. The summed E-state index contributed by atoms with van der Waals surface area (Å²) in [6, 6.07) is 6.59. The van der Waals surface area contributed by atoms with Crippen LogP contribution in [0.4, 0.5) is 22.7 Å². The third-order valence-corrected chi connectivity index (χ3v) is 18.7. The molecule has 0 unspecified atom stereocenters. The van der Waals surface area contributed by atoms with Crippen LogP contribution in [0.5, 0.6) is 0 Å². The third kappa shape index (κ3) is 26.3. The molecule has 10 rings (SSSR count). The maximum Gasteiger partial charge on any atom is 0.331 e. The number of allylic oxidation sites excluding steroid dienone is 6. The number of pyridine rings is 4. The largest absolute Gasteiger partial charge is 0.460 e. The summed E-state index contributed by atoms with van der Waals surface area (Å²) in [7, 11) is 0. The zero-order valence-corrected chi connectivity index (χ0v) is 59.0. The van der Waals surface area contributed by atoms with Gasteiger partial charge in [-0.1, -0.05) is 36.5 Å². The monoisotopic (exact) mass is 1420 g/mol. The highest BCUT2D eigenvalue weighted by molar-refractivity contribution is 5.91. The molecule has 4 aromatic heterocycles. The number of hydrogen-bond donors (Lipinski definition) is 6.